The average molecular weight is 230 g/mol. The minimum Gasteiger partial charge on any atom is -0.496 e. The molecule has 1 aromatic heterocycles. The number of ether oxygens (including phenoxy) is 1. The van der Waals surface area contributed by atoms with Crippen molar-refractivity contribution in [1.82, 2.24) is 4.98 Å². The third-order valence-electron chi connectivity index (χ3n) is 2.73. The third kappa shape index (κ3) is 2.56. The zero-order chi connectivity index (χ0) is 12.5. The van der Waals surface area contributed by atoms with Crippen molar-refractivity contribution >= 4 is 10.8 Å². The Hall–Kier alpha value is -1.61. The molecule has 0 aliphatic rings. The average Bonchev–Trinajstić information content (AvgIpc) is 2.28. The molecule has 0 saturated heterocycles. The van der Waals surface area contributed by atoms with Gasteiger partial charge < -0.3 is 10.5 Å². The van der Waals surface area contributed by atoms with Gasteiger partial charge in [0.25, 0.3) is 0 Å². The highest BCUT2D eigenvalue weighted by atomic mass is 16.5. The molecule has 0 aliphatic heterocycles. The van der Waals surface area contributed by atoms with E-state index < -0.39 is 0 Å². The highest BCUT2D eigenvalue weighted by Gasteiger charge is 2.14. The van der Waals surface area contributed by atoms with Crippen LogP contribution in [0.3, 0.4) is 0 Å². The Labute approximate surface area is 102 Å². The van der Waals surface area contributed by atoms with Crippen LogP contribution in [0.15, 0.2) is 30.6 Å². The smallest absolute Gasteiger partial charge is 0.128 e. The lowest BCUT2D eigenvalue weighted by Gasteiger charge is -2.20. The van der Waals surface area contributed by atoms with E-state index in [0.717, 1.165) is 22.9 Å². The summed E-state index contributed by atoms with van der Waals surface area (Å²) in [6.07, 6.45) is 4.47. The van der Waals surface area contributed by atoms with E-state index in [1.165, 1.54) is 5.56 Å². The lowest BCUT2D eigenvalue weighted by Crippen LogP contribution is -2.34. The number of hydrogen-bond donors (Lipinski definition) is 1. The number of aromatic nitrogens is 1. The molecule has 0 fully saturated rings. The number of benzene rings is 1. The molecule has 1 aromatic carbocycles. The van der Waals surface area contributed by atoms with Crippen LogP contribution in [0, 0.1) is 0 Å². The molecule has 0 saturated carbocycles. The van der Waals surface area contributed by atoms with Crippen molar-refractivity contribution in [3.05, 3.63) is 36.2 Å². The molecule has 2 aromatic rings. The van der Waals surface area contributed by atoms with Crippen LogP contribution in [0.1, 0.15) is 19.4 Å². The van der Waals surface area contributed by atoms with Crippen molar-refractivity contribution in [1.29, 1.82) is 0 Å². The fraction of sp³-hybridized carbons (Fsp3) is 0.357. The first-order valence-corrected chi connectivity index (χ1v) is 5.70. The summed E-state index contributed by atoms with van der Waals surface area (Å²) in [5.41, 5.74) is 7.10. The van der Waals surface area contributed by atoms with Crippen molar-refractivity contribution in [2.45, 2.75) is 25.8 Å². The van der Waals surface area contributed by atoms with Crippen LogP contribution in [0.25, 0.3) is 10.8 Å². The molecule has 0 unspecified atom stereocenters. The first-order valence-electron chi connectivity index (χ1n) is 5.70. The van der Waals surface area contributed by atoms with Gasteiger partial charge in [0.05, 0.1) is 7.11 Å². The molecule has 17 heavy (non-hydrogen) atoms. The maximum atomic E-state index is 6.08. The first-order chi connectivity index (χ1) is 8.01. The Morgan fingerprint density at radius 3 is 2.65 bits per heavy atom. The van der Waals surface area contributed by atoms with Gasteiger partial charge in [-0.1, -0.05) is 6.07 Å². The van der Waals surface area contributed by atoms with Crippen LogP contribution >= 0.6 is 0 Å². The van der Waals surface area contributed by atoms with E-state index >= 15 is 0 Å². The van der Waals surface area contributed by atoms with Crippen molar-refractivity contribution in [3.8, 4) is 5.75 Å². The van der Waals surface area contributed by atoms with E-state index in [2.05, 4.69) is 11.1 Å². The fourth-order valence-corrected chi connectivity index (χ4v) is 2.05. The van der Waals surface area contributed by atoms with Crippen LogP contribution < -0.4 is 10.5 Å². The molecule has 1 heterocycles. The number of pyridine rings is 1. The van der Waals surface area contributed by atoms with Crippen molar-refractivity contribution in [2.24, 2.45) is 5.73 Å². The van der Waals surface area contributed by atoms with Gasteiger partial charge in [0, 0.05) is 23.3 Å². The standard InChI is InChI=1S/C14H18N2O/c1-14(2,15)8-10-4-5-13(17-3)12-9-16-7-6-11(10)12/h4-7,9H,8,15H2,1-3H3. The Balaban J connectivity index is 2.59. The second-order valence-electron chi connectivity index (χ2n) is 5.01. The van der Waals surface area contributed by atoms with Gasteiger partial charge in [-0.2, -0.15) is 0 Å². The van der Waals surface area contributed by atoms with Crippen molar-refractivity contribution < 1.29 is 4.74 Å². The van der Waals surface area contributed by atoms with Crippen LogP contribution in [-0.2, 0) is 6.42 Å². The predicted molar refractivity (Wildman–Crippen MR) is 70.3 cm³/mol. The lowest BCUT2D eigenvalue weighted by molar-refractivity contribution is 0.419. The summed E-state index contributed by atoms with van der Waals surface area (Å²) in [5, 5.41) is 2.20. The van der Waals surface area contributed by atoms with Gasteiger partial charge in [0.15, 0.2) is 0 Å². The zero-order valence-corrected chi connectivity index (χ0v) is 10.5. The molecule has 3 heteroatoms. The number of fused-ring (bicyclic) bond motifs is 1. The van der Waals surface area contributed by atoms with Crippen LogP contribution in [-0.4, -0.2) is 17.6 Å². The van der Waals surface area contributed by atoms with Crippen LogP contribution in [0.2, 0.25) is 0 Å². The van der Waals surface area contributed by atoms with Gasteiger partial charge in [0.1, 0.15) is 5.75 Å². The SMILES string of the molecule is COc1ccc(CC(C)(C)N)c2ccncc12. The van der Waals surface area contributed by atoms with Gasteiger partial charge in [-0.3, -0.25) is 4.98 Å². The molecule has 3 nitrogen and oxygen atoms in total. The molecule has 90 valence electrons. The quantitative estimate of drug-likeness (QED) is 0.881. The number of methoxy groups -OCH3 is 1. The van der Waals surface area contributed by atoms with E-state index in [0.29, 0.717) is 0 Å². The number of hydrogen-bond acceptors (Lipinski definition) is 3. The molecular weight excluding hydrogens is 212 g/mol. The largest absolute Gasteiger partial charge is 0.496 e. The van der Waals surface area contributed by atoms with E-state index in [-0.39, 0.29) is 5.54 Å². The maximum absolute atomic E-state index is 6.08. The summed E-state index contributed by atoms with van der Waals surface area (Å²) in [4.78, 5) is 4.15. The Bertz CT molecular complexity index is 529. The third-order valence-corrected chi connectivity index (χ3v) is 2.73. The maximum Gasteiger partial charge on any atom is 0.128 e. The van der Waals surface area contributed by atoms with Crippen molar-refractivity contribution in [3.63, 3.8) is 0 Å². The van der Waals surface area contributed by atoms with E-state index in [4.69, 9.17) is 10.5 Å². The molecular formula is C14H18N2O. The van der Waals surface area contributed by atoms with Gasteiger partial charge >= 0.3 is 0 Å². The second kappa shape index (κ2) is 4.34. The number of nitrogens with zero attached hydrogens (tertiary/aromatic N) is 1. The van der Waals surface area contributed by atoms with E-state index in [1.54, 1.807) is 13.3 Å². The Kier molecular flexibility index (Phi) is 3.03. The first kappa shape index (κ1) is 11.9. The van der Waals surface area contributed by atoms with Gasteiger partial charge in [-0.25, -0.2) is 0 Å². The summed E-state index contributed by atoms with van der Waals surface area (Å²) in [7, 11) is 1.67. The monoisotopic (exact) mass is 230 g/mol. The van der Waals surface area contributed by atoms with Gasteiger partial charge in [-0.05, 0) is 43.4 Å². The summed E-state index contributed by atoms with van der Waals surface area (Å²) < 4.78 is 5.34. The zero-order valence-electron chi connectivity index (χ0n) is 10.5. The van der Waals surface area contributed by atoms with E-state index in [9.17, 15) is 0 Å². The normalized spacial score (nSPS) is 11.8. The van der Waals surface area contributed by atoms with Crippen molar-refractivity contribution in [2.75, 3.05) is 7.11 Å². The summed E-state index contributed by atoms with van der Waals surface area (Å²) in [6, 6.07) is 6.07. The Morgan fingerprint density at radius 1 is 1.24 bits per heavy atom. The summed E-state index contributed by atoms with van der Waals surface area (Å²) in [6.45, 7) is 4.06. The highest BCUT2D eigenvalue weighted by Crippen LogP contribution is 2.29. The minimum absolute atomic E-state index is 0.217. The summed E-state index contributed by atoms with van der Waals surface area (Å²) >= 11 is 0. The van der Waals surface area contributed by atoms with Gasteiger partial charge in [0.2, 0.25) is 0 Å². The fourth-order valence-electron chi connectivity index (χ4n) is 2.05. The molecule has 0 spiro atoms. The number of nitrogens with two attached hydrogens (primary N) is 1. The molecule has 0 atom stereocenters. The van der Waals surface area contributed by atoms with Gasteiger partial charge in [-0.15, -0.1) is 0 Å². The van der Waals surface area contributed by atoms with Crippen LogP contribution in [0.5, 0.6) is 5.75 Å². The molecule has 0 radical (unpaired) electrons. The molecule has 0 amide bonds. The molecule has 0 bridgehead atoms. The highest BCUT2D eigenvalue weighted by molar-refractivity contribution is 5.90. The molecule has 2 N–H and O–H groups in total. The lowest BCUT2D eigenvalue weighted by atomic mass is 9.93. The van der Waals surface area contributed by atoms with E-state index in [1.807, 2.05) is 32.2 Å². The minimum atomic E-state index is -0.217. The number of rotatable bonds is 3. The predicted octanol–water partition coefficient (Wildman–Crippen LogP) is 2.52. The summed E-state index contributed by atoms with van der Waals surface area (Å²) in [5.74, 6) is 0.853. The topological polar surface area (TPSA) is 48.1 Å². The van der Waals surface area contributed by atoms with Crippen LogP contribution in [0.4, 0.5) is 0 Å². The Morgan fingerprint density at radius 2 is 2.00 bits per heavy atom. The molecule has 0 aliphatic carbocycles. The second-order valence-corrected chi connectivity index (χ2v) is 5.01. The molecule has 2 rings (SSSR count).